The molecule has 0 spiro atoms. The molecular weight excluding hydrogens is 558 g/mol. The fourth-order valence-corrected chi connectivity index (χ4v) is 5.55. The van der Waals surface area contributed by atoms with Gasteiger partial charge in [-0.1, -0.05) is 29.3 Å². The number of nitrogens with zero attached hydrogens (tertiary/aromatic N) is 4. The molecule has 1 atom stereocenters. The van der Waals surface area contributed by atoms with Crippen LogP contribution in [0.3, 0.4) is 0 Å². The number of fused-ring (bicyclic) bond motifs is 1. The first-order valence-corrected chi connectivity index (χ1v) is 13.7. The van der Waals surface area contributed by atoms with E-state index in [4.69, 9.17) is 23.2 Å². The molecule has 0 fully saturated rings. The Balaban J connectivity index is 1.61. The van der Waals surface area contributed by atoms with Crippen molar-refractivity contribution < 1.29 is 4.39 Å². The van der Waals surface area contributed by atoms with E-state index in [2.05, 4.69) is 51.5 Å². The van der Waals surface area contributed by atoms with Crippen molar-refractivity contribution in [2.75, 3.05) is 10.6 Å². The third-order valence-corrected chi connectivity index (χ3v) is 8.16. The molecule has 0 amide bonds. The predicted octanol–water partition coefficient (Wildman–Crippen LogP) is 7.10. The summed E-state index contributed by atoms with van der Waals surface area (Å²) in [6.45, 7) is 7.84. The summed E-state index contributed by atoms with van der Waals surface area (Å²) < 4.78 is 15.0. The maximum atomic E-state index is 15.0. The third-order valence-electron chi connectivity index (χ3n) is 6.41. The average Bonchev–Trinajstić information content (AvgIpc) is 3.57. The molecule has 1 aliphatic rings. The molecule has 0 saturated carbocycles. The van der Waals surface area contributed by atoms with Crippen molar-refractivity contribution in [1.82, 2.24) is 25.9 Å². The largest absolute Gasteiger partial charge is 0.372 e. The molecule has 8 nitrogen and oxygen atoms in total. The number of thiazole rings is 1. The van der Waals surface area contributed by atoms with Gasteiger partial charge in [0.25, 0.3) is 0 Å². The van der Waals surface area contributed by atoms with Crippen LogP contribution in [-0.4, -0.2) is 21.0 Å². The second-order valence-corrected chi connectivity index (χ2v) is 11.1. The second kappa shape index (κ2) is 10.9. The molecule has 4 N–H and O–H groups in total. The van der Waals surface area contributed by atoms with Gasteiger partial charge < -0.3 is 16.1 Å². The van der Waals surface area contributed by atoms with Crippen LogP contribution in [0.1, 0.15) is 41.6 Å². The summed E-state index contributed by atoms with van der Waals surface area (Å²) in [6, 6.07) is 9.01. The van der Waals surface area contributed by atoms with E-state index >= 15 is 4.39 Å². The molecule has 12 heteroatoms. The van der Waals surface area contributed by atoms with Gasteiger partial charge in [0.15, 0.2) is 5.82 Å². The van der Waals surface area contributed by atoms with Gasteiger partial charge in [-0.05, 0) is 51.5 Å². The van der Waals surface area contributed by atoms with Crippen LogP contribution in [0.5, 0.6) is 0 Å². The molecule has 0 aliphatic carbocycles. The van der Waals surface area contributed by atoms with E-state index in [-0.39, 0.29) is 28.4 Å². The maximum absolute atomic E-state index is 15.0. The molecule has 2 aromatic carbocycles. The van der Waals surface area contributed by atoms with E-state index < -0.39 is 5.82 Å². The Morgan fingerprint density at radius 1 is 1.18 bits per heavy atom. The number of benzene rings is 2. The minimum absolute atomic E-state index is 0.0152. The van der Waals surface area contributed by atoms with Crippen LogP contribution in [0.2, 0.25) is 10.0 Å². The Bertz CT molecular complexity index is 1650. The Hall–Kier alpha value is -3.62. The zero-order valence-corrected chi connectivity index (χ0v) is 23.9. The first kappa shape index (κ1) is 27.0. The van der Waals surface area contributed by atoms with E-state index in [1.54, 1.807) is 36.5 Å². The maximum Gasteiger partial charge on any atom is 0.165 e. The molecule has 0 unspecified atom stereocenters. The molecule has 0 radical (unpaired) electrons. The summed E-state index contributed by atoms with van der Waals surface area (Å²) in [5, 5.41) is 19.4. The molecule has 3 heterocycles. The quantitative estimate of drug-likeness (QED) is 0.183. The lowest BCUT2D eigenvalue weighted by molar-refractivity contribution is 0.221. The van der Waals surface area contributed by atoms with Gasteiger partial charge in [0, 0.05) is 29.5 Å². The number of pyridine rings is 1. The number of aryl methyl sites for hydroxylation is 2. The predicted molar refractivity (Wildman–Crippen MR) is 155 cm³/mol. The molecule has 39 heavy (non-hydrogen) atoms. The standard InChI is InChI=1S/C27H25Cl2FN8S/c1-13(2)38-11-21(36-37-38)26(27-15(4)33-12-39-27)34-17-7-18-24(16(9-31)10-32-25(18)19(28)8-17)35-20-6-5-14(3)22(29)23(20)30/h5-8,10-13,26,34,36-37H,1-4H3,(H,32,35)/t26-/m1/s1. The van der Waals surface area contributed by atoms with Crippen LogP contribution < -0.4 is 21.6 Å². The molecule has 2 aromatic heterocycles. The fourth-order valence-electron chi connectivity index (χ4n) is 4.25. The molecule has 0 saturated heterocycles. The summed E-state index contributed by atoms with van der Waals surface area (Å²) in [6.07, 6.45) is 3.43. The van der Waals surface area contributed by atoms with E-state index in [1.165, 1.54) is 6.20 Å². The minimum Gasteiger partial charge on any atom is -0.372 e. The lowest BCUT2D eigenvalue weighted by atomic mass is 10.1. The van der Waals surface area contributed by atoms with Crippen molar-refractivity contribution in [2.45, 2.75) is 39.8 Å². The second-order valence-electron chi connectivity index (χ2n) is 9.40. The van der Waals surface area contributed by atoms with Crippen LogP contribution in [-0.2, 0) is 0 Å². The van der Waals surface area contributed by atoms with Gasteiger partial charge in [-0.15, -0.1) is 16.9 Å². The van der Waals surface area contributed by atoms with Gasteiger partial charge in [0.05, 0.1) is 54.3 Å². The van der Waals surface area contributed by atoms with Gasteiger partial charge in [0.2, 0.25) is 0 Å². The van der Waals surface area contributed by atoms with Gasteiger partial charge in [-0.2, -0.15) is 5.26 Å². The summed E-state index contributed by atoms with van der Waals surface area (Å²) in [5.41, 5.74) is 12.5. The first-order valence-electron chi connectivity index (χ1n) is 12.1. The zero-order chi connectivity index (χ0) is 27.8. The van der Waals surface area contributed by atoms with Crippen LogP contribution >= 0.6 is 34.5 Å². The number of nitrogens with one attached hydrogen (secondary N) is 4. The smallest absolute Gasteiger partial charge is 0.165 e. The lowest BCUT2D eigenvalue weighted by Gasteiger charge is -2.21. The number of anilines is 3. The Morgan fingerprint density at radius 3 is 2.64 bits per heavy atom. The number of halogens is 3. The number of hydrogen-bond donors (Lipinski definition) is 4. The number of aromatic nitrogens is 2. The van der Waals surface area contributed by atoms with E-state index in [0.29, 0.717) is 32.9 Å². The first-order chi connectivity index (χ1) is 18.7. The summed E-state index contributed by atoms with van der Waals surface area (Å²) in [5.74, 6) is -0.604. The highest BCUT2D eigenvalue weighted by molar-refractivity contribution is 7.09. The van der Waals surface area contributed by atoms with Gasteiger partial charge in [0.1, 0.15) is 12.1 Å². The van der Waals surface area contributed by atoms with Crippen molar-refractivity contribution in [1.29, 1.82) is 5.26 Å². The topological polar surface area (TPSA) is 101 Å². The van der Waals surface area contributed by atoms with Gasteiger partial charge >= 0.3 is 0 Å². The van der Waals surface area contributed by atoms with Crippen molar-refractivity contribution in [3.8, 4) is 6.07 Å². The summed E-state index contributed by atoms with van der Waals surface area (Å²) >= 11 is 14.4. The van der Waals surface area contributed by atoms with Gasteiger partial charge in [-0.25, -0.2) is 9.37 Å². The van der Waals surface area contributed by atoms with E-state index in [9.17, 15) is 5.26 Å². The SMILES string of the molecule is Cc1ccc(Nc2c(C#N)cnc3c(Cl)cc(N[C@H](C4=CN(C(C)C)NN4)c4scnc4C)cc23)c(F)c1Cl. The average molecular weight is 584 g/mol. The molecular formula is C27H25Cl2FN8S. The van der Waals surface area contributed by atoms with E-state index in [0.717, 1.165) is 16.3 Å². The monoisotopic (exact) mass is 582 g/mol. The highest BCUT2D eigenvalue weighted by Crippen LogP contribution is 2.39. The number of nitriles is 1. The summed E-state index contributed by atoms with van der Waals surface area (Å²) in [7, 11) is 0. The Morgan fingerprint density at radius 2 is 1.97 bits per heavy atom. The fraction of sp³-hybridized carbons (Fsp3) is 0.222. The Labute approximate surface area is 239 Å². The van der Waals surface area contributed by atoms with Crippen molar-refractivity contribution in [3.63, 3.8) is 0 Å². The van der Waals surface area contributed by atoms with Crippen LogP contribution in [0.4, 0.5) is 21.5 Å². The van der Waals surface area contributed by atoms with Crippen molar-refractivity contribution in [3.05, 3.63) is 85.4 Å². The number of rotatable bonds is 7. The third kappa shape index (κ3) is 5.18. The highest BCUT2D eigenvalue weighted by atomic mass is 35.5. The lowest BCUT2D eigenvalue weighted by Crippen LogP contribution is -2.41. The van der Waals surface area contributed by atoms with Crippen LogP contribution in [0, 0.1) is 31.0 Å². The molecule has 200 valence electrons. The molecule has 4 aromatic rings. The van der Waals surface area contributed by atoms with Crippen molar-refractivity contribution >= 4 is 62.5 Å². The highest BCUT2D eigenvalue weighted by Gasteiger charge is 2.27. The van der Waals surface area contributed by atoms with Gasteiger partial charge in [-0.3, -0.25) is 9.99 Å². The van der Waals surface area contributed by atoms with Crippen LogP contribution in [0.25, 0.3) is 10.9 Å². The summed E-state index contributed by atoms with van der Waals surface area (Å²) in [4.78, 5) is 9.87. The molecule has 5 rings (SSSR count). The molecule has 0 bridgehead atoms. The normalized spacial score (nSPS) is 13.8. The van der Waals surface area contributed by atoms with Crippen LogP contribution in [0.15, 0.2) is 47.9 Å². The number of hydrogen-bond acceptors (Lipinski definition) is 9. The van der Waals surface area contributed by atoms with E-state index in [1.807, 2.05) is 29.7 Å². The Kier molecular flexibility index (Phi) is 7.51. The van der Waals surface area contributed by atoms with Crippen molar-refractivity contribution in [2.24, 2.45) is 0 Å². The number of hydrazine groups is 2. The molecule has 1 aliphatic heterocycles. The minimum atomic E-state index is -0.604. The zero-order valence-electron chi connectivity index (χ0n) is 21.5.